The van der Waals surface area contributed by atoms with Gasteiger partial charge in [-0.15, -0.1) is 0 Å². The van der Waals surface area contributed by atoms with Crippen LogP contribution in [-0.2, 0) is 0 Å². The van der Waals surface area contributed by atoms with Crippen LogP contribution in [0.3, 0.4) is 0 Å². The van der Waals surface area contributed by atoms with Crippen molar-refractivity contribution in [3.05, 3.63) is 30.0 Å². The normalized spacial score (nSPS) is 10.9. The second-order valence-electron chi connectivity index (χ2n) is 5.32. The van der Waals surface area contributed by atoms with Gasteiger partial charge in [0, 0.05) is 13.1 Å². The predicted molar refractivity (Wildman–Crippen MR) is 86.3 cm³/mol. The van der Waals surface area contributed by atoms with Crippen molar-refractivity contribution in [1.29, 1.82) is 0 Å². The first-order chi connectivity index (χ1) is 9.76. The van der Waals surface area contributed by atoms with Crippen LogP contribution in [0.1, 0.15) is 45.2 Å². The number of aromatic nitrogens is 2. The van der Waals surface area contributed by atoms with Gasteiger partial charge >= 0.3 is 0 Å². The van der Waals surface area contributed by atoms with Crippen molar-refractivity contribution in [1.82, 2.24) is 9.97 Å². The summed E-state index contributed by atoms with van der Waals surface area (Å²) in [6.45, 7) is 8.68. The summed E-state index contributed by atoms with van der Waals surface area (Å²) >= 11 is 0. The molecule has 0 radical (unpaired) electrons. The van der Waals surface area contributed by atoms with Gasteiger partial charge in [0.15, 0.2) is 5.82 Å². The van der Waals surface area contributed by atoms with Crippen molar-refractivity contribution >= 4 is 16.9 Å². The zero-order valence-electron chi connectivity index (χ0n) is 12.9. The minimum Gasteiger partial charge on any atom is -0.355 e. The Bertz CT molecular complexity index is 543. The van der Waals surface area contributed by atoms with Gasteiger partial charge < -0.3 is 4.90 Å². The summed E-state index contributed by atoms with van der Waals surface area (Å²) in [7, 11) is 0. The second kappa shape index (κ2) is 7.22. The lowest BCUT2D eigenvalue weighted by Crippen LogP contribution is -2.27. The van der Waals surface area contributed by atoms with E-state index in [0.717, 1.165) is 35.6 Å². The van der Waals surface area contributed by atoms with Crippen LogP contribution in [0.2, 0.25) is 0 Å². The monoisotopic (exact) mass is 271 g/mol. The van der Waals surface area contributed by atoms with Gasteiger partial charge in [-0.25, -0.2) is 9.97 Å². The van der Waals surface area contributed by atoms with Gasteiger partial charge in [0.25, 0.3) is 0 Å². The number of hydrogen-bond donors (Lipinski definition) is 0. The van der Waals surface area contributed by atoms with E-state index in [-0.39, 0.29) is 0 Å². The highest BCUT2D eigenvalue weighted by Crippen LogP contribution is 2.20. The Morgan fingerprint density at radius 1 is 0.900 bits per heavy atom. The van der Waals surface area contributed by atoms with E-state index in [2.05, 4.69) is 25.7 Å². The average molecular weight is 271 g/mol. The highest BCUT2D eigenvalue weighted by atomic mass is 15.2. The van der Waals surface area contributed by atoms with Crippen molar-refractivity contribution in [3.8, 4) is 0 Å². The molecule has 0 unspecified atom stereocenters. The van der Waals surface area contributed by atoms with Crippen molar-refractivity contribution in [3.63, 3.8) is 0 Å². The fraction of sp³-hybridized carbons (Fsp3) is 0.529. The van der Waals surface area contributed by atoms with Crippen molar-refractivity contribution in [2.45, 2.75) is 46.5 Å². The van der Waals surface area contributed by atoms with Gasteiger partial charge in [-0.2, -0.15) is 0 Å². The molecule has 1 aromatic carbocycles. The fourth-order valence-electron chi connectivity index (χ4n) is 2.40. The lowest BCUT2D eigenvalue weighted by atomic mass is 10.2. The largest absolute Gasteiger partial charge is 0.355 e. The molecule has 3 nitrogen and oxygen atoms in total. The summed E-state index contributed by atoms with van der Waals surface area (Å²) in [6.07, 6.45) is 4.83. The standard InChI is InChI=1S/C17H25N3/c1-4-6-12-20(13-7-5-2)17-14(3)18-15-10-8-9-11-16(15)19-17/h8-11H,4-7,12-13H2,1-3H3. The van der Waals surface area contributed by atoms with Crippen LogP contribution in [-0.4, -0.2) is 23.1 Å². The van der Waals surface area contributed by atoms with Gasteiger partial charge in [-0.05, 0) is 31.9 Å². The van der Waals surface area contributed by atoms with E-state index in [1.807, 2.05) is 24.3 Å². The number of fused-ring (bicyclic) bond motifs is 1. The van der Waals surface area contributed by atoms with E-state index in [9.17, 15) is 0 Å². The molecule has 0 aliphatic rings. The van der Waals surface area contributed by atoms with Gasteiger partial charge in [0.05, 0.1) is 16.7 Å². The van der Waals surface area contributed by atoms with Gasteiger partial charge in [-0.1, -0.05) is 38.8 Å². The van der Waals surface area contributed by atoms with Crippen molar-refractivity contribution in [2.75, 3.05) is 18.0 Å². The summed E-state index contributed by atoms with van der Waals surface area (Å²) in [5, 5.41) is 0. The van der Waals surface area contributed by atoms with Gasteiger partial charge in [0.2, 0.25) is 0 Å². The van der Waals surface area contributed by atoms with Crippen LogP contribution in [0, 0.1) is 6.92 Å². The molecule has 2 aromatic rings. The number of unbranched alkanes of at least 4 members (excludes halogenated alkanes) is 2. The summed E-state index contributed by atoms with van der Waals surface area (Å²) in [5.74, 6) is 1.06. The Kier molecular flexibility index (Phi) is 5.33. The molecule has 20 heavy (non-hydrogen) atoms. The Morgan fingerprint density at radius 3 is 2.00 bits per heavy atom. The minimum atomic E-state index is 0.986. The number of aryl methyl sites for hydroxylation is 1. The third kappa shape index (κ3) is 3.47. The molecule has 2 rings (SSSR count). The molecule has 0 saturated heterocycles. The Balaban J connectivity index is 2.32. The van der Waals surface area contributed by atoms with Crippen LogP contribution < -0.4 is 4.90 Å². The minimum absolute atomic E-state index is 0.986. The number of rotatable bonds is 7. The molecule has 3 heteroatoms. The quantitative estimate of drug-likeness (QED) is 0.750. The number of nitrogens with zero attached hydrogens (tertiary/aromatic N) is 3. The highest BCUT2D eigenvalue weighted by Gasteiger charge is 2.12. The van der Waals surface area contributed by atoms with Crippen LogP contribution in [0.25, 0.3) is 11.0 Å². The third-order valence-electron chi connectivity index (χ3n) is 3.58. The lowest BCUT2D eigenvalue weighted by molar-refractivity contribution is 0.669. The molecule has 0 aliphatic carbocycles. The van der Waals surface area contributed by atoms with Crippen LogP contribution in [0.15, 0.2) is 24.3 Å². The van der Waals surface area contributed by atoms with E-state index in [4.69, 9.17) is 9.97 Å². The average Bonchev–Trinajstić information content (AvgIpc) is 2.47. The third-order valence-corrected chi connectivity index (χ3v) is 3.58. The maximum absolute atomic E-state index is 4.84. The zero-order chi connectivity index (χ0) is 14.4. The van der Waals surface area contributed by atoms with E-state index >= 15 is 0 Å². The van der Waals surface area contributed by atoms with Crippen molar-refractivity contribution in [2.24, 2.45) is 0 Å². The zero-order valence-corrected chi connectivity index (χ0v) is 12.9. The number of hydrogen-bond acceptors (Lipinski definition) is 3. The van der Waals surface area contributed by atoms with Crippen LogP contribution in [0.4, 0.5) is 5.82 Å². The SMILES string of the molecule is CCCCN(CCCC)c1nc2ccccc2nc1C. The van der Waals surface area contributed by atoms with Crippen LogP contribution in [0.5, 0.6) is 0 Å². The molecule has 0 bridgehead atoms. The molecule has 0 spiro atoms. The smallest absolute Gasteiger partial charge is 0.150 e. The molecule has 0 atom stereocenters. The first-order valence-corrected chi connectivity index (χ1v) is 7.74. The summed E-state index contributed by atoms with van der Waals surface area (Å²) < 4.78 is 0. The van der Waals surface area contributed by atoms with Crippen molar-refractivity contribution < 1.29 is 0 Å². The predicted octanol–water partition coefficient (Wildman–Crippen LogP) is 4.34. The van der Waals surface area contributed by atoms with Gasteiger partial charge in [-0.3, -0.25) is 0 Å². The molecular weight excluding hydrogens is 246 g/mol. The second-order valence-corrected chi connectivity index (χ2v) is 5.32. The topological polar surface area (TPSA) is 29.0 Å². The molecule has 0 amide bonds. The maximum atomic E-state index is 4.84. The Labute approximate surface area is 122 Å². The number of benzene rings is 1. The number of para-hydroxylation sites is 2. The summed E-state index contributed by atoms with van der Waals surface area (Å²) in [5.41, 5.74) is 3.02. The van der Waals surface area contributed by atoms with Gasteiger partial charge in [0.1, 0.15) is 0 Å². The lowest BCUT2D eigenvalue weighted by Gasteiger charge is -2.25. The van der Waals surface area contributed by atoms with E-state index < -0.39 is 0 Å². The van der Waals surface area contributed by atoms with E-state index in [1.54, 1.807) is 0 Å². The fourth-order valence-corrected chi connectivity index (χ4v) is 2.40. The molecular formula is C17H25N3. The summed E-state index contributed by atoms with van der Waals surface area (Å²) in [6, 6.07) is 8.12. The molecule has 0 fully saturated rings. The maximum Gasteiger partial charge on any atom is 0.150 e. The first kappa shape index (κ1) is 14.8. The Morgan fingerprint density at radius 2 is 1.45 bits per heavy atom. The molecule has 1 aromatic heterocycles. The first-order valence-electron chi connectivity index (χ1n) is 7.74. The highest BCUT2D eigenvalue weighted by molar-refractivity contribution is 5.76. The molecule has 108 valence electrons. The molecule has 0 aliphatic heterocycles. The van der Waals surface area contributed by atoms with Crippen LogP contribution >= 0.6 is 0 Å². The molecule has 1 heterocycles. The molecule has 0 saturated carbocycles. The molecule has 0 N–H and O–H groups in total. The summed E-state index contributed by atoms with van der Waals surface area (Å²) in [4.78, 5) is 12.0. The Hall–Kier alpha value is -1.64. The van der Waals surface area contributed by atoms with E-state index in [0.29, 0.717) is 0 Å². The van der Waals surface area contributed by atoms with E-state index in [1.165, 1.54) is 25.7 Å². The number of anilines is 1.